The van der Waals surface area contributed by atoms with Crippen molar-refractivity contribution in [1.29, 1.82) is 0 Å². The first-order valence-electron chi connectivity index (χ1n) is 5.85. The highest BCUT2D eigenvalue weighted by atomic mass is 16.5. The van der Waals surface area contributed by atoms with Crippen molar-refractivity contribution in [3.8, 4) is 0 Å². The molecule has 0 radical (unpaired) electrons. The van der Waals surface area contributed by atoms with Crippen LogP contribution in [0.5, 0.6) is 0 Å². The van der Waals surface area contributed by atoms with Crippen molar-refractivity contribution in [3.63, 3.8) is 0 Å². The van der Waals surface area contributed by atoms with Gasteiger partial charge in [0.25, 0.3) is 0 Å². The summed E-state index contributed by atoms with van der Waals surface area (Å²) in [6.45, 7) is 3.36. The summed E-state index contributed by atoms with van der Waals surface area (Å²) in [6, 6.07) is 0. The second-order valence-corrected chi connectivity index (χ2v) is 3.67. The molecular weight excluding hydrogens is 224 g/mol. The van der Waals surface area contributed by atoms with Crippen LogP contribution in [0.4, 0.5) is 0 Å². The lowest BCUT2D eigenvalue weighted by Crippen LogP contribution is -2.42. The number of nitrogens with one attached hydrogen (secondary N) is 1. The number of carbonyl (C=O) groups excluding carboxylic acids is 2. The highest BCUT2D eigenvalue weighted by Gasteiger charge is 2.17. The van der Waals surface area contributed by atoms with Gasteiger partial charge in [-0.3, -0.25) is 9.59 Å². The van der Waals surface area contributed by atoms with E-state index in [0.29, 0.717) is 6.54 Å². The summed E-state index contributed by atoms with van der Waals surface area (Å²) in [6.07, 6.45) is 1.86. The van der Waals surface area contributed by atoms with Gasteiger partial charge in [0.15, 0.2) is 0 Å². The Morgan fingerprint density at radius 3 is 2.65 bits per heavy atom. The first-order chi connectivity index (χ1) is 8.13. The summed E-state index contributed by atoms with van der Waals surface area (Å²) in [4.78, 5) is 24.3. The zero-order chi connectivity index (χ0) is 13.1. The van der Waals surface area contributed by atoms with Crippen LogP contribution in [0.15, 0.2) is 0 Å². The number of hydrogen-bond acceptors (Lipinski definition) is 4. The van der Waals surface area contributed by atoms with Crippen molar-refractivity contribution < 1.29 is 19.4 Å². The quantitative estimate of drug-likeness (QED) is 0.441. The number of aliphatic hydroxyl groups excluding tert-OH is 1. The van der Waals surface area contributed by atoms with E-state index < -0.39 is 11.8 Å². The smallest absolute Gasteiger partial charge is 0.311 e. The molecule has 2 amide bonds. The van der Waals surface area contributed by atoms with Gasteiger partial charge in [0.1, 0.15) is 0 Å². The number of rotatable bonds is 8. The van der Waals surface area contributed by atoms with Gasteiger partial charge in [-0.2, -0.15) is 0 Å². The maximum absolute atomic E-state index is 11.5. The molecule has 0 aliphatic heterocycles. The van der Waals surface area contributed by atoms with Crippen LogP contribution in [-0.2, 0) is 14.3 Å². The molecule has 100 valence electrons. The molecule has 0 aliphatic carbocycles. The Morgan fingerprint density at radius 2 is 2.06 bits per heavy atom. The Morgan fingerprint density at radius 1 is 1.35 bits per heavy atom. The normalized spacial score (nSPS) is 10.1. The minimum absolute atomic E-state index is 0.0490. The molecule has 0 atom stereocenters. The van der Waals surface area contributed by atoms with Crippen LogP contribution in [0.3, 0.4) is 0 Å². The molecule has 0 rings (SSSR count). The lowest BCUT2D eigenvalue weighted by Gasteiger charge is -2.15. The van der Waals surface area contributed by atoms with Gasteiger partial charge >= 0.3 is 11.8 Å². The summed E-state index contributed by atoms with van der Waals surface area (Å²) >= 11 is 0. The molecular formula is C11H22N2O4. The average molecular weight is 246 g/mol. The maximum atomic E-state index is 11.5. The van der Waals surface area contributed by atoms with E-state index >= 15 is 0 Å². The Balaban J connectivity index is 3.70. The standard InChI is InChI=1S/C11H22N2O4/c1-3-4-6-13(2)11(16)10(15)12-5-8-17-9-7-14/h14H,3-9H2,1-2H3,(H,12,15). The molecule has 2 N–H and O–H groups in total. The molecule has 0 bridgehead atoms. The Labute approximate surface area is 102 Å². The minimum Gasteiger partial charge on any atom is -0.394 e. The van der Waals surface area contributed by atoms with Crippen molar-refractivity contribution in [3.05, 3.63) is 0 Å². The molecule has 0 aliphatic rings. The minimum atomic E-state index is -0.615. The number of hydrogen-bond donors (Lipinski definition) is 2. The van der Waals surface area contributed by atoms with Crippen LogP contribution in [0.1, 0.15) is 19.8 Å². The van der Waals surface area contributed by atoms with Gasteiger partial charge in [-0.05, 0) is 6.42 Å². The molecule has 6 heteroatoms. The monoisotopic (exact) mass is 246 g/mol. The highest BCUT2D eigenvalue weighted by Crippen LogP contribution is 1.92. The van der Waals surface area contributed by atoms with Gasteiger partial charge in [-0.25, -0.2) is 0 Å². The van der Waals surface area contributed by atoms with Gasteiger partial charge in [-0.1, -0.05) is 13.3 Å². The third-order valence-electron chi connectivity index (χ3n) is 2.16. The van der Waals surface area contributed by atoms with E-state index in [-0.39, 0.29) is 26.4 Å². The molecule has 6 nitrogen and oxygen atoms in total. The van der Waals surface area contributed by atoms with Crippen LogP contribution in [-0.4, -0.2) is 61.8 Å². The molecule has 0 saturated heterocycles. The van der Waals surface area contributed by atoms with Crippen LogP contribution < -0.4 is 5.32 Å². The topological polar surface area (TPSA) is 78.9 Å². The van der Waals surface area contributed by atoms with Gasteiger partial charge < -0.3 is 20.1 Å². The Bertz CT molecular complexity index is 234. The molecule has 0 spiro atoms. The molecule has 0 heterocycles. The fraction of sp³-hybridized carbons (Fsp3) is 0.818. The second-order valence-electron chi connectivity index (χ2n) is 3.67. The van der Waals surface area contributed by atoms with Crippen molar-refractivity contribution in [2.45, 2.75) is 19.8 Å². The van der Waals surface area contributed by atoms with E-state index in [1.807, 2.05) is 6.92 Å². The predicted molar refractivity (Wildman–Crippen MR) is 63.5 cm³/mol. The summed E-state index contributed by atoms with van der Waals surface area (Å²) in [5.41, 5.74) is 0. The van der Waals surface area contributed by atoms with E-state index in [1.54, 1.807) is 7.05 Å². The van der Waals surface area contributed by atoms with Gasteiger partial charge in [0.05, 0.1) is 19.8 Å². The number of aliphatic hydroxyl groups is 1. The van der Waals surface area contributed by atoms with Gasteiger partial charge in [0.2, 0.25) is 0 Å². The number of nitrogens with zero attached hydrogens (tertiary/aromatic N) is 1. The van der Waals surface area contributed by atoms with E-state index in [4.69, 9.17) is 9.84 Å². The zero-order valence-electron chi connectivity index (χ0n) is 10.6. The van der Waals surface area contributed by atoms with Crippen molar-refractivity contribution in [2.75, 3.05) is 40.0 Å². The van der Waals surface area contributed by atoms with E-state index in [2.05, 4.69) is 5.32 Å². The molecule has 0 unspecified atom stereocenters. The third-order valence-corrected chi connectivity index (χ3v) is 2.16. The second kappa shape index (κ2) is 10.0. The molecule has 0 aromatic carbocycles. The number of amides is 2. The Kier molecular flexibility index (Phi) is 9.37. The summed E-state index contributed by atoms with van der Waals surface area (Å²) in [5, 5.41) is 10.9. The van der Waals surface area contributed by atoms with Crippen LogP contribution in [0.2, 0.25) is 0 Å². The molecule has 0 aromatic heterocycles. The SMILES string of the molecule is CCCCN(C)C(=O)C(=O)NCCOCCO. The fourth-order valence-electron chi connectivity index (χ4n) is 1.15. The number of likely N-dealkylation sites (N-methyl/N-ethyl adjacent to an activating group) is 1. The lowest BCUT2D eigenvalue weighted by atomic mass is 10.3. The summed E-state index contributed by atoms with van der Waals surface area (Å²) in [7, 11) is 1.61. The van der Waals surface area contributed by atoms with Crippen LogP contribution >= 0.6 is 0 Å². The van der Waals surface area contributed by atoms with E-state index in [1.165, 1.54) is 4.90 Å². The van der Waals surface area contributed by atoms with Crippen molar-refractivity contribution >= 4 is 11.8 Å². The number of carbonyl (C=O) groups is 2. The summed E-state index contributed by atoms with van der Waals surface area (Å²) < 4.78 is 4.95. The number of unbranched alkanes of at least 4 members (excludes halogenated alkanes) is 1. The first-order valence-corrected chi connectivity index (χ1v) is 5.85. The van der Waals surface area contributed by atoms with Gasteiger partial charge in [0, 0.05) is 20.1 Å². The third kappa shape index (κ3) is 7.70. The summed E-state index contributed by atoms with van der Waals surface area (Å²) in [5.74, 6) is -1.14. The molecule has 17 heavy (non-hydrogen) atoms. The highest BCUT2D eigenvalue weighted by molar-refractivity contribution is 6.34. The van der Waals surface area contributed by atoms with Crippen LogP contribution in [0.25, 0.3) is 0 Å². The lowest BCUT2D eigenvalue weighted by molar-refractivity contribution is -0.145. The zero-order valence-corrected chi connectivity index (χ0v) is 10.6. The predicted octanol–water partition coefficient (Wildman–Crippen LogP) is -0.630. The van der Waals surface area contributed by atoms with E-state index in [9.17, 15) is 9.59 Å². The maximum Gasteiger partial charge on any atom is 0.311 e. The van der Waals surface area contributed by atoms with Crippen LogP contribution in [0, 0.1) is 0 Å². The van der Waals surface area contributed by atoms with Crippen molar-refractivity contribution in [2.24, 2.45) is 0 Å². The number of ether oxygens (including phenoxy) is 1. The molecule has 0 aromatic rings. The van der Waals surface area contributed by atoms with Gasteiger partial charge in [-0.15, -0.1) is 0 Å². The Hall–Kier alpha value is -1.14. The van der Waals surface area contributed by atoms with Crippen molar-refractivity contribution in [1.82, 2.24) is 10.2 Å². The molecule has 0 fully saturated rings. The average Bonchev–Trinajstić information content (AvgIpc) is 2.34. The largest absolute Gasteiger partial charge is 0.394 e. The van der Waals surface area contributed by atoms with E-state index in [0.717, 1.165) is 12.8 Å². The fourth-order valence-corrected chi connectivity index (χ4v) is 1.15. The first kappa shape index (κ1) is 15.9. The molecule has 0 saturated carbocycles.